The Balaban J connectivity index is 1.58. The van der Waals surface area contributed by atoms with Gasteiger partial charge in [-0.1, -0.05) is 11.6 Å². The number of carbonyl (C=O) groups excluding carboxylic acids is 1. The van der Waals surface area contributed by atoms with Crippen molar-refractivity contribution in [1.29, 1.82) is 0 Å². The number of carbonyl (C=O) groups is 1. The lowest BCUT2D eigenvalue weighted by Crippen LogP contribution is -2.47. The Kier molecular flexibility index (Phi) is 5.00. The van der Waals surface area contributed by atoms with Crippen LogP contribution in [-0.2, 0) is 17.8 Å². The van der Waals surface area contributed by atoms with Gasteiger partial charge in [0.15, 0.2) is 5.65 Å². The van der Waals surface area contributed by atoms with Crippen LogP contribution in [0.5, 0.6) is 0 Å². The molecule has 1 atom stereocenters. The van der Waals surface area contributed by atoms with Crippen molar-refractivity contribution >= 4 is 28.7 Å². The summed E-state index contributed by atoms with van der Waals surface area (Å²) < 4.78 is 0. The first-order valence-electron chi connectivity index (χ1n) is 10.7. The van der Waals surface area contributed by atoms with Crippen LogP contribution in [0.2, 0.25) is 5.02 Å². The van der Waals surface area contributed by atoms with Crippen LogP contribution in [0, 0.1) is 0 Å². The zero-order chi connectivity index (χ0) is 21.8. The molecule has 1 saturated heterocycles. The highest BCUT2D eigenvalue weighted by Gasteiger charge is 2.33. The Bertz CT molecular complexity index is 1160. The van der Waals surface area contributed by atoms with Gasteiger partial charge in [-0.15, -0.1) is 0 Å². The summed E-state index contributed by atoms with van der Waals surface area (Å²) in [5.74, 6) is -0.231. The number of hydrogen-bond donors (Lipinski definition) is 3. The van der Waals surface area contributed by atoms with E-state index < -0.39 is 5.60 Å². The summed E-state index contributed by atoms with van der Waals surface area (Å²) >= 11 is 6.26. The Hall–Kier alpha value is -2.48. The van der Waals surface area contributed by atoms with Crippen LogP contribution in [0.25, 0.3) is 22.4 Å². The molecule has 0 aliphatic carbocycles. The van der Waals surface area contributed by atoms with Gasteiger partial charge in [0.1, 0.15) is 11.1 Å². The number of nitrogens with zero attached hydrogens (tertiary/aromatic N) is 3. The quantitative estimate of drug-likeness (QED) is 0.581. The number of halogens is 1. The van der Waals surface area contributed by atoms with Crippen LogP contribution >= 0.6 is 11.6 Å². The lowest BCUT2D eigenvalue weighted by atomic mass is 9.87. The molecule has 0 saturated carbocycles. The predicted octanol–water partition coefficient (Wildman–Crippen LogP) is 3.36. The van der Waals surface area contributed by atoms with Crippen LogP contribution < -0.4 is 5.32 Å². The van der Waals surface area contributed by atoms with Crippen molar-refractivity contribution in [2.75, 3.05) is 13.1 Å². The third-order valence-corrected chi connectivity index (χ3v) is 6.54. The van der Waals surface area contributed by atoms with E-state index in [1.54, 1.807) is 31.1 Å². The highest BCUT2D eigenvalue weighted by molar-refractivity contribution is 6.34. The fraction of sp³-hybridized carbons (Fsp3) is 0.435. The van der Waals surface area contributed by atoms with Gasteiger partial charge in [0.25, 0.3) is 5.91 Å². The zero-order valence-corrected chi connectivity index (χ0v) is 18.5. The lowest BCUT2D eigenvalue weighted by Gasteiger charge is -2.35. The molecule has 0 radical (unpaired) electrons. The maximum Gasteiger partial charge on any atom is 0.254 e. The fourth-order valence-corrected chi connectivity index (χ4v) is 4.85. The number of fused-ring (bicyclic) bond motifs is 2. The summed E-state index contributed by atoms with van der Waals surface area (Å²) in [4.78, 5) is 26.7. The van der Waals surface area contributed by atoms with Crippen molar-refractivity contribution in [2.45, 2.75) is 51.3 Å². The van der Waals surface area contributed by atoms with E-state index in [0.29, 0.717) is 29.3 Å². The molecule has 3 aromatic rings. The van der Waals surface area contributed by atoms with E-state index in [9.17, 15) is 9.90 Å². The third-order valence-electron chi connectivity index (χ3n) is 6.25. The van der Waals surface area contributed by atoms with Gasteiger partial charge in [0.2, 0.25) is 0 Å². The molecular weight excluding hydrogens is 414 g/mol. The molecule has 2 aliphatic rings. The smallest absolute Gasteiger partial charge is 0.254 e. The first-order valence-corrected chi connectivity index (χ1v) is 11.1. The van der Waals surface area contributed by atoms with Crippen LogP contribution in [-0.4, -0.2) is 49.6 Å². The molecule has 2 aliphatic heterocycles. The van der Waals surface area contributed by atoms with Gasteiger partial charge in [-0.2, -0.15) is 0 Å². The zero-order valence-electron chi connectivity index (χ0n) is 17.7. The summed E-state index contributed by atoms with van der Waals surface area (Å²) in [5, 5.41) is 14.4. The number of aromatic nitrogens is 3. The van der Waals surface area contributed by atoms with Gasteiger partial charge in [0.05, 0.1) is 16.9 Å². The fourth-order valence-electron chi connectivity index (χ4n) is 4.67. The van der Waals surface area contributed by atoms with Gasteiger partial charge >= 0.3 is 0 Å². The van der Waals surface area contributed by atoms with E-state index in [1.807, 2.05) is 0 Å². The van der Waals surface area contributed by atoms with Crippen molar-refractivity contribution in [3.05, 3.63) is 46.2 Å². The molecule has 0 spiro atoms. The van der Waals surface area contributed by atoms with Gasteiger partial charge in [-0.05, 0) is 68.5 Å². The van der Waals surface area contributed by atoms with Gasteiger partial charge in [0, 0.05) is 30.9 Å². The van der Waals surface area contributed by atoms with Crippen LogP contribution in [0.3, 0.4) is 0 Å². The van der Waals surface area contributed by atoms with E-state index >= 15 is 0 Å². The predicted molar refractivity (Wildman–Crippen MR) is 120 cm³/mol. The first-order chi connectivity index (χ1) is 14.8. The monoisotopic (exact) mass is 439 g/mol. The Morgan fingerprint density at radius 2 is 2.19 bits per heavy atom. The highest BCUT2D eigenvalue weighted by atomic mass is 35.5. The summed E-state index contributed by atoms with van der Waals surface area (Å²) in [6, 6.07) is 4.59. The summed E-state index contributed by atoms with van der Waals surface area (Å²) in [6.07, 6.45) is 6.40. The molecule has 1 fully saturated rings. The number of aromatic amines is 1. The molecule has 1 amide bonds. The summed E-state index contributed by atoms with van der Waals surface area (Å²) in [7, 11) is 0. The largest absolute Gasteiger partial charge is 0.381 e. The number of rotatable bonds is 3. The first kappa shape index (κ1) is 20.4. The van der Waals surface area contributed by atoms with Crippen molar-refractivity contribution in [1.82, 2.24) is 25.2 Å². The number of benzene rings is 1. The molecule has 5 rings (SSSR count). The lowest BCUT2D eigenvalue weighted by molar-refractivity contribution is -0.148. The van der Waals surface area contributed by atoms with Crippen molar-refractivity contribution < 1.29 is 9.90 Å². The summed E-state index contributed by atoms with van der Waals surface area (Å²) in [6.45, 7) is 5.19. The minimum atomic E-state index is -1.37. The van der Waals surface area contributed by atoms with Crippen molar-refractivity contribution in [3.63, 3.8) is 0 Å². The van der Waals surface area contributed by atoms with Crippen LogP contribution in [0.1, 0.15) is 49.4 Å². The van der Waals surface area contributed by atoms with Crippen molar-refractivity contribution in [3.8, 4) is 11.3 Å². The van der Waals surface area contributed by atoms with E-state index in [4.69, 9.17) is 16.6 Å². The second-order valence-electron chi connectivity index (χ2n) is 8.98. The second-order valence-corrected chi connectivity index (χ2v) is 9.38. The molecule has 2 aromatic heterocycles. The molecule has 7 nitrogen and oxygen atoms in total. The number of aliphatic hydroxyl groups is 1. The summed E-state index contributed by atoms with van der Waals surface area (Å²) in [5.41, 5.74) is 5.38. The molecular formula is C23H26ClN5O2. The molecule has 31 heavy (non-hydrogen) atoms. The van der Waals surface area contributed by atoms with Gasteiger partial charge < -0.3 is 20.3 Å². The molecule has 0 unspecified atom stereocenters. The van der Waals surface area contributed by atoms with Gasteiger partial charge in [-0.25, -0.2) is 9.97 Å². The minimum absolute atomic E-state index is 0.231. The van der Waals surface area contributed by atoms with E-state index in [2.05, 4.69) is 27.4 Å². The molecule has 4 heterocycles. The maximum atomic E-state index is 12.7. The average molecular weight is 440 g/mol. The van der Waals surface area contributed by atoms with E-state index in [1.165, 1.54) is 16.7 Å². The normalized spacial score (nSPS) is 19.1. The molecule has 1 aromatic carbocycles. The number of H-pyrrole nitrogens is 1. The van der Waals surface area contributed by atoms with E-state index in [-0.39, 0.29) is 11.9 Å². The Morgan fingerprint density at radius 1 is 1.35 bits per heavy atom. The molecule has 3 N–H and O–H groups in total. The maximum absolute atomic E-state index is 12.7. The topological polar surface area (TPSA) is 94.1 Å². The number of hydrogen-bond acceptors (Lipinski definition) is 5. The Labute approximate surface area is 185 Å². The number of amides is 1. The SMILES string of the molecule is CC(C)(O)C(=O)N1CCc2cc(-c3cnc4[nH]cc(Cl)c4n3)cc([C@@H]3CCCN3)c2C1. The van der Waals surface area contributed by atoms with Gasteiger partial charge in [-0.3, -0.25) is 4.79 Å². The second kappa shape index (κ2) is 7.58. The van der Waals surface area contributed by atoms with Crippen LogP contribution in [0.4, 0.5) is 0 Å². The van der Waals surface area contributed by atoms with Crippen LogP contribution in [0.15, 0.2) is 24.5 Å². The molecule has 8 heteroatoms. The van der Waals surface area contributed by atoms with Crippen molar-refractivity contribution in [2.24, 2.45) is 0 Å². The average Bonchev–Trinajstić information content (AvgIpc) is 3.41. The molecule has 162 valence electrons. The third kappa shape index (κ3) is 3.71. The minimum Gasteiger partial charge on any atom is -0.381 e. The standard InChI is InChI=1S/C23H26ClN5O2/c1-23(2,31)22(30)29-7-5-13-8-14(9-15(16(13)12-29)18-4-3-6-25-18)19-11-27-21-20(28-19)17(24)10-26-21/h8-11,18,25,31H,3-7,12H2,1-2H3,(H,26,27)/t18-/m0/s1. The van der Waals surface area contributed by atoms with E-state index in [0.717, 1.165) is 37.1 Å². The molecule has 0 bridgehead atoms. The highest BCUT2D eigenvalue weighted by Crippen LogP contribution is 2.36. The Morgan fingerprint density at radius 3 is 2.94 bits per heavy atom. The number of nitrogens with one attached hydrogen (secondary N) is 2.